The van der Waals surface area contributed by atoms with Gasteiger partial charge in [0, 0.05) is 23.9 Å². The van der Waals surface area contributed by atoms with E-state index < -0.39 is 10.1 Å². The molecule has 9 heteroatoms. The Bertz CT molecular complexity index is 1090. The second-order valence-electron chi connectivity index (χ2n) is 5.99. The Kier molecular flexibility index (Phi) is 6.47. The van der Waals surface area contributed by atoms with Gasteiger partial charge in [-0.3, -0.25) is 4.55 Å². The Morgan fingerprint density at radius 3 is 2.85 bits per heavy atom. The number of aryl methyl sites for hydroxylation is 1. The molecular formula is C18H22NO4S4+. The number of hydrogen-bond donors (Lipinski definition) is 1. The number of thioether (sulfide) groups is 1. The minimum atomic E-state index is -3.97. The zero-order valence-electron chi connectivity index (χ0n) is 15.4. The predicted molar refractivity (Wildman–Crippen MR) is 117 cm³/mol. The maximum Gasteiger partial charge on any atom is 0.265 e. The van der Waals surface area contributed by atoms with Gasteiger partial charge in [0.2, 0.25) is 5.52 Å². The summed E-state index contributed by atoms with van der Waals surface area (Å²) in [6, 6.07) is 4.10. The van der Waals surface area contributed by atoms with Crippen molar-refractivity contribution in [3.63, 3.8) is 0 Å². The molecule has 1 N–H and O–H groups in total. The van der Waals surface area contributed by atoms with Crippen LogP contribution in [0.3, 0.4) is 0 Å². The highest BCUT2D eigenvalue weighted by molar-refractivity contribution is 8.02. The maximum atomic E-state index is 11.2. The lowest BCUT2D eigenvalue weighted by Gasteiger charge is -2.02. The van der Waals surface area contributed by atoms with Crippen LogP contribution in [0, 0.1) is 0 Å². The summed E-state index contributed by atoms with van der Waals surface area (Å²) in [5, 5.41) is 4.18. The van der Waals surface area contributed by atoms with Crippen LogP contribution >= 0.6 is 34.4 Å². The van der Waals surface area contributed by atoms with Gasteiger partial charge in [-0.25, -0.2) is 0 Å². The van der Waals surface area contributed by atoms with Gasteiger partial charge in [0.25, 0.3) is 15.1 Å². The zero-order chi connectivity index (χ0) is 19.6. The molecule has 5 nitrogen and oxygen atoms in total. The molecule has 0 bridgehead atoms. The molecular weight excluding hydrogens is 422 g/mol. The van der Waals surface area contributed by atoms with Crippen molar-refractivity contribution in [2.24, 2.45) is 0 Å². The predicted octanol–water partition coefficient (Wildman–Crippen LogP) is 4.80. The minimum absolute atomic E-state index is 0.243. The minimum Gasteiger partial charge on any atom is -0.496 e. The first-order valence-corrected chi connectivity index (χ1v) is 13.0. The first-order chi connectivity index (χ1) is 12.9. The van der Waals surface area contributed by atoms with Crippen LogP contribution in [0.4, 0.5) is 0 Å². The van der Waals surface area contributed by atoms with Crippen molar-refractivity contribution in [2.45, 2.75) is 26.3 Å². The molecule has 0 radical (unpaired) electrons. The van der Waals surface area contributed by atoms with E-state index in [1.807, 2.05) is 11.4 Å². The van der Waals surface area contributed by atoms with Crippen LogP contribution in [0.15, 0.2) is 22.4 Å². The monoisotopic (exact) mass is 444 g/mol. The van der Waals surface area contributed by atoms with Crippen molar-refractivity contribution in [3.05, 3.63) is 27.4 Å². The summed E-state index contributed by atoms with van der Waals surface area (Å²) in [6.07, 6.45) is 5.54. The van der Waals surface area contributed by atoms with E-state index in [0.717, 1.165) is 37.5 Å². The van der Waals surface area contributed by atoms with Crippen LogP contribution in [-0.2, 0) is 16.7 Å². The molecule has 0 spiro atoms. The number of nitrogens with zero attached hydrogens (tertiary/aromatic N) is 1. The van der Waals surface area contributed by atoms with E-state index in [-0.39, 0.29) is 5.75 Å². The van der Waals surface area contributed by atoms with Crippen molar-refractivity contribution in [1.29, 1.82) is 0 Å². The van der Waals surface area contributed by atoms with Crippen LogP contribution in [0.25, 0.3) is 26.4 Å². The van der Waals surface area contributed by atoms with Crippen molar-refractivity contribution >= 4 is 70.9 Å². The second-order valence-corrected chi connectivity index (χ2v) is 10.5. The number of ether oxygens (including phenoxy) is 1. The molecule has 27 heavy (non-hydrogen) atoms. The maximum absolute atomic E-state index is 11.2. The lowest BCUT2D eigenvalue weighted by atomic mass is 10.2. The largest absolute Gasteiger partial charge is 0.496 e. The van der Waals surface area contributed by atoms with Gasteiger partial charge in [-0.15, -0.1) is 23.1 Å². The number of allylic oxidation sites excluding steroid dienone is 1. The Morgan fingerprint density at radius 2 is 2.22 bits per heavy atom. The summed E-state index contributed by atoms with van der Waals surface area (Å²) in [6.45, 7) is 2.65. The standard InChI is InChI=1S/C18H21NO4S4/c1-4-12(24-3)10-16-19(7-5-9-27(20,21)22)17-15(26-16)11-14(23-2)13-6-8-25-18(13)17/h6,8,10-11H,4-5,7,9H2,1-3H3/p+1/b12-10+. The molecule has 146 valence electrons. The first kappa shape index (κ1) is 20.6. The van der Waals surface area contributed by atoms with E-state index >= 15 is 0 Å². The Labute approximate surface area is 171 Å². The molecule has 0 saturated heterocycles. The number of rotatable bonds is 8. The molecule has 0 fully saturated rings. The summed E-state index contributed by atoms with van der Waals surface area (Å²) < 4.78 is 41.4. The summed E-state index contributed by atoms with van der Waals surface area (Å²) >= 11 is 5.05. The molecule has 3 aromatic rings. The van der Waals surface area contributed by atoms with Crippen LogP contribution in [0.5, 0.6) is 5.75 Å². The van der Waals surface area contributed by atoms with Crippen LogP contribution in [0.2, 0.25) is 0 Å². The zero-order valence-corrected chi connectivity index (χ0v) is 18.7. The highest BCUT2D eigenvalue weighted by Gasteiger charge is 2.25. The molecule has 0 atom stereocenters. The topological polar surface area (TPSA) is 67.5 Å². The van der Waals surface area contributed by atoms with Gasteiger partial charge in [0.15, 0.2) is 6.54 Å². The molecule has 2 heterocycles. The van der Waals surface area contributed by atoms with Crippen LogP contribution in [0.1, 0.15) is 24.8 Å². The van der Waals surface area contributed by atoms with Gasteiger partial charge < -0.3 is 4.74 Å². The number of fused-ring (bicyclic) bond motifs is 3. The number of thiazole rings is 1. The van der Waals surface area contributed by atoms with E-state index in [1.165, 1.54) is 4.91 Å². The Balaban J connectivity index is 2.20. The molecule has 3 rings (SSSR count). The quantitative estimate of drug-likeness (QED) is 0.399. The Hall–Kier alpha value is -1.13. The molecule has 0 aliphatic heterocycles. The van der Waals surface area contributed by atoms with Gasteiger partial charge in [0.05, 0.1) is 12.9 Å². The average molecular weight is 445 g/mol. The van der Waals surface area contributed by atoms with Gasteiger partial charge in [-0.05, 0) is 29.0 Å². The number of methoxy groups -OCH3 is 1. The fourth-order valence-corrected chi connectivity index (χ4v) is 6.33. The van der Waals surface area contributed by atoms with E-state index in [2.05, 4.69) is 29.9 Å². The number of aromatic nitrogens is 1. The van der Waals surface area contributed by atoms with Gasteiger partial charge in [-0.2, -0.15) is 13.0 Å². The molecule has 1 aromatic carbocycles. The SMILES string of the molecule is CC/C(=C\c1sc2cc(OC)c3ccsc3c2[n+]1CCCS(=O)(=O)O)SC. The summed E-state index contributed by atoms with van der Waals surface area (Å²) in [5.74, 6) is 0.606. The number of hydrogen-bond acceptors (Lipinski definition) is 6. The first-order valence-electron chi connectivity index (χ1n) is 8.48. The lowest BCUT2D eigenvalue weighted by molar-refractivity contribution is -0.667. The van der Waals surface area contributed by atoms with Gasteiger partial charge in [0.1, 0.15) is 15.1 Å². The number of benzene rings is 1. The van der Waals surface area contributed by atoms with Crippen molar-refractivity contribution < 1.29 is 22.3 Å². The van der Waals surface area contributed by atoms with E-state index in [0.29, 0.717) is 13.0 Å². The van der Waals surface area contributed by atoms with Crippen molar-refractivity contribution in [1.82, 2.24) is 0 Å². The highest BCUT2D eigenvalue weighted by Crippen LogP contribution is 2.38. The smallest absolute Gasteiger partial charge is 0.265 e. The lowest BCUT2D eigenvalue weighted by Crippen LogP contribution is -2.36. The number of thiophene rings is 1. The molecule has 0 saturated carbocycles. The average Bonchev–Trinajstić information content (AvgIpc) is 3.22. The summed E-state index contributed by atoms with van der Waals surface area (Å²) in [5.41, 5.74) is 1.10. The van der Waals surface area contributed by atoms with Gasteiger partial charge in [-0.1, -0.05) is 18.3 Å². The molecule has 0 unspecified atom stereocenters. The molecule has 0 amide bonds. The fraction of sp³-hybridized carbons (Fsp3) is 0.389. The summed E-state index contributed by atoms with van der Waals surface area (Å²) in [4.78, 5) is 1.26. The van der Waals surface area contributed by atoms with Crippen molar-refractivity contribution in [3.8, 4) is 5.75 Å². The van der Waals surface area contributed by atoms with Crippen LogP contribution in [-0.4, -0.2) is 32.1 Å². The van der Waals surface area contributed by atoms with E-state index in [4.69, 9.17) is 9.29 Å². The Morgan fingerprint density at radius 1 is 1.44 bits per heavy atom. The highest BCUT2D eigenvalue weighted by atomic mass is 32.2. The van der Waals surface area contributed by atoms with Crippen molar-refractivity contribution in [2.75, 3.05) is 19.1 Å². The normalized spacial score (nSPS) is 13.0. The fourth-order valence-electron chi connectivity index (χ4n) is 3.02. The second kappa shape index (κ2) is 8.48. The van der Waals surface area contributed by atoms with E-state index in [9.17, 15) is 8.42 Å². The molecule has 0 aliphatic carbocycles. The third-order valence-corrected chi connectivity index (χ3v) is 8.03. The molecule has 0 aliphatic rings. The van der Waals surface area contributed by atoms with Crippen LogP contribution < -0.4 is 9.30 Å². The molecule has 2 aromatic heterocycles. The van der Waals surface area contributed by atoms with E-state index in [1.54, 1.807) is 41.5 Å². The summed E-state index contributed by atoms with van der Waals surface area (Å²) in [7, 11) is -2.29. The third kappa shape index (κ3) is 4.48. The van der Waals surface area contributed by atoms with Gasteiger partial charge >= 0.3 is 0 Å². The third-order valence-electron chi connectivity index (χ3n) is 4.29.